The molecule has 0 saturated carbocycles. The summed E-state index contributed by atoms with van der Waals surface area (Å²) in [5, 5.41) is 0. The molecule has 88 valence electrons. The lowest BCUT2D eigenvalue weighted by Crippen LogP contribution is -2.31. The Hall–Kier alpha value is -0.100. The second-order valence-corrected chi connectivity index (χ2v) is 5.61. The van der Waals surface area contributed by atoms with Gasteiger partial charge >= 0.3 is 0 Å². The van der Waals surface area contributed by atoms with Crippen LogP contribution in [0.1, 0.15) is 30.6 Å². The van der Waals surface area contributed by atoms with E-state index in [9.17, 15) is 4.79 Å². The summed E-state index contributed by atoms with van der Waals surface area (Å²) in [4.78, 5) is 14.1. The summed E-state index contributed by atoms with van der Waals surface area (Å²) >= 11 is 5.65. The van der Waals surface area contributed by atoms with E-state index < -0.39 is 0 Å². The Bertz CT molecular complexity index is 381. The Kier molecular flexibility index (Phi) is 5.75. The molecule has 1 rings (SSSR count). The molecule has 0 spiro atoms. The second-order valence-electron chi connectivity index (χ2n) is 3.51. The Morgan fingerprint density at radius 1 is 1.44 bits per heavy atom. The third kappa shape index (κ3) is 3.45. The quantitative estimate of drug-likeness (QED) is 0.707. The summed E-state index contributed by atoms with van der Waals surface area (Å²) in [6.45, 7) is 5.66. The third-order valence-electron chi connectivity index (χ3n) is 2.32. The molecule has 0 aliphatic rings. The van der Waals surface area contributed by atoms with Crippen molar-refractivity contribution in [2.24, 2.45) is 0 Å². The molecular formula is C12H15BrINO. The summed E-state index contributed by atoms with van der Waals surface area (Å²) in [5.74, 6) is 0.106. The lowest BCUT2D eigenvalue weighted by atomic mass is 10.2. The molecule has 0 aliphatic carbocycles. The molecule has 2 nitrogen and oxygen atoms in total. The van der Waals surface area contributed by atoms with Crippen molar-refractivity contribution in [3.8, 4) is 0 Å². The highest BCUT2D eigenvalue weighted by molar-refractivity contribution is 14.1. The van der Waals surface area contributed by atoms with Crippen molar-refractivity contribution in [2.75, 3.05) is 13.1 Å². The molecule has 0 saturated heterocycles. The van der Waals surface area contributed by atoms with Crippen molar-refractivity contribution in [1.82, 2.24) is 4.90 Å². The van der Waals surface area contributed by atoms with Gasteiger partial charge in [0.25, 0.3) is 5.91 Å². The molecule has 0 heterocycles. The zero-order valence-electron chi connectivity index (χ0n) is 9.46. The largest absolute Gasteiger partial charge is 0.339 e. The lowest BCUT2D eigenvalue weighted by molar-refractivity contribution is 0.0763. The molecule has 0 aromatic heterocycles. The maximum absolute atomic E-state index is 12.2. The molecule has 4 heteroatoms. The molecule has 0 atom stereocenters. The number of nitrogens with zero attached hydrogens (tertiary/aromatic N) is 1. The third-order valence-corrected chi connectivity index (χ3v) is 3.68. The van der Waals surface area contributed by atoms with Gasteiger partial charge in [0.2, 0.25) is 0 Å². The van der Waals surface area contributed by atoms with Crippen LogP contribution in [-0.4, -0.2) is 23.9 Å². The standard InChI is InChI=1S/C12H15BrINO/c1-3-7-15(4-2)12(16)10-8-9(14)5-6-11(10)13/h5-6,8H,3-4,7H2,1-2H3. The maximum Gasteiger partial charge on any atom is 0.255 e. The summed E-state index contributed by atoms with van der Waals surface area (Å²) in [5.41, 5.74) is 0.752. The van der Waals surface area contributed by atoms with Crippen molar-refractivity contribution >= 4 is 44.4 Å². The molecule has 0 aliphatic heterocycles. The summed E-state index contributed by atoms with van der Waals surface area (Å²) in [6, 6.07) is 5.83. The molecule has 0 N–H and O–H groups in total. The first-order valence-electron chi connectivity index (χ1n) is 5.34. The van der Waals surface area contributed by atoms with Crippen LogP contribution in [0, 0.1) is 3.57 Å². The molecule has 0 radical (unpaired) electrons. The van der Waals surface area contributed by atoms with Gasteiger partial charge in [-0.25, -0.2) is 0 Å². The van der Waals surface area contributed by atoms with Crippen LogP contribution < -0.4 is 0 Å². The number of rotatable bonds is 4. The Labute approximate surface area is 119 Å². The van der Waals surface area contributed by atoms with Gasteiger partial charge in [-0.05, 0) is 70.1 Å². The fraction of sp³-hybridized carbons (Fsp3) is 0.417. The number of amides is 1. The molecule has 1 aromatic carbocycles. The van der Waals surface area contributed by atoms with E-state index in [1.165, 1.54) is 0 Å². The van der Waals surface area contributed by atoms with Gasteiger partial charge in [0.15, 0.2) is 0 Å². The predicted octanol–water partition coefficient (Wildman–Crippen LogP) is 3.93. The molecule has 16 heavy (non-hydrogen) atoms. The highest BCUT2D eigenvalue weighted by atomic mass is 127. The van der Waals surface area contributed by atoms with Crippen LogP contribution in [0.15, 0.2) is 22.7 Å². The number of hydrogen-bond donors (Lipinski definition) is 0. The minimum atomic E-state index is 0.106. The number of hydrogen-bond acceptors (Lipinski definition) is 1. The van der Waals surface area contributed by atoms with Gasteiger partial charge in [-0.1, -0.05) is 6.92 Å². The van der Waals surface area contributed by atoms with Crippen LogP contribution in [0.2, 0.25) is 0 Å². The summed E-state index contributed by atoms with van der Waals surface area (Å²) in [7, 11) is 0. The second kappa shape index (κ2) is 6.59. The predicted molar refractivity (Wildman–Crippen MR) is 78.7 cm³/mol. The molecule has 1 amide bonds. The van der Waals surface area contributed by atoms with Crippen LogP contribution in [0.5, 0.6) is 0 Å². The van der Waals surface area contributed by atoms with Crippen LogP contribution in [-0.2, 0) is 0 Å². The smallest absolute Gasteiger partial charge is 0.255 e. The topological polar surface area (TPSA) is 20.3 Å². The fourth-order valence-electron chi connectivity index (χ4n) is 1.50. The zero-order valence-corrected chi connectivity index (χ0v) is 13.2. The molecule has 0 fully saturated rings. The van der Waals surface area contributed by atoms with Crippen LogP contribution in [0.3, 0.4) is 0 Å². The van der Waals surface area contributed by atoms with Crippen molar-refractivity contribution in [3.63, 3.8) is 0 Å². The Balaban J connectivity index is 2.98. The van der Waals surface area contributed by atoms with E-state index in [2.05, 4.69) is 45.4 Å². The minimum Gasteiger partial charge on any atom is -0.339 e. The van der Waals surface area contributed by atoms with Gasteiger partial charge in [0.05, 0.1) is 5.56 Å². The van der Waals surface area contributed by atoms with Gasteiger partial charge in [-0.3, -0.25) is 4.79 Å². The Morgan fingerprint density at radius 3 is 2.69 bits per heavy atom. The minimum absolute atomic E-state index is 0.106. The average Bonchev–Trinajstić information content (AvgIpc) is 2.28. The number of halogens is 2. The van der Waals surface area contributed by atoms with E-state index in [4.69, 9.17) is 0 Å². The number of carbonyl (C=O) groups is 1. The zero-order chi connectivity index (χ0) is 12.1. The van der Waals surface area contributed by atoms with Crippen molar-refractivity contribution in [1.29, 1.82) is 0 Å². The van der Waals surface area contributed by atoms with E-state index >= 15 is 0 Å². The van der Waals surface area contributed by atoms with Crippen molar-refractivity contribution in [2.45, 2.75) is 20.3 Å². The van der Waals surface area contributed by atoms with Crippen molar-refractivity contribution in [3.05, 3.63) is 31.8 Å². The van der Waals surface area contributed by atoms with E-state index in [1.54, 1.807) is 0 Å². The van der Waals surface area contributed by atoms with Gasteiger partial charge < -0.3 is 4.90 Å². The van der Waals surface area contributed by atoms with E-state index in [0.717, 1.165) is 33.1 Å². The average molecular weight is 396 g/mol. The van der Waals surface area contributed by atoms with E-state index in [-0.39, 0.29) is 5.91 Å². The monoisotopic (exact) mass is 395 g/mol. The van der Waals surface area contributed by atoms with Crippen LogP contribution in [0.4, 0.5) is 0 Å². The molecule has 1 aromatic rings. The fourth-order valence-corrected chi connectivity index (χ4v) is 2.41. The lowest BCUT2D eigenvalue weighted by Gasteiger charge is -2.20. The number of carbonyl (C=O) groups excluding carboxylic acids is 1. The summed E-state index contributed by atoms with van der Waals surface area (Å²) < 4.78 is 1.95. The first kappa shape index (κ1) is 14.0. The van der Waals surface area contributed by atoms with Gasteiger partial charge in [0.1, 0.15) is 0 Å². The van der Waals surface area contributed by atoms with Gasteiger partial charge in [-0.2, -0.15) is 0 Å². The molecule has 0 unspecified atom stereocenters. The van der Waals surface area contributed by atoms with Crippen LogP contribution >= 0.6 is 38.5 Å². The summed E-state index contributed by atoms with van der Waals surface area (Å²) in [6.07, 6.45) is 0.987. The first-order valence-corrected chi connectivity index (χ1v) is 7.21. The number of benzene rings is 1. The van der Waals surface area contributed by atoms with Crippen LogP contribution in [0.25, 0.3) is 0 Å². The maximum atomic E-state index is 12.2. The highest BCUT2D eigenvalue weighted by Crippen LogP contribution is 2.21. The SMILES string of the molecule is CCCN(CC)C(=O)c1cc(I)ccc1Br. The normalized spacial score (nSPS) is 10.2. The van der Waals surface area contributed by atoms with Gasteiger partial charge in [0, 0.05) is 21.1 Å². The van der Waals surface area contributed by atoms with E-state index in [0.29, 0.717) is 0 Å². The molecular weight excluding hydrogens is 381 g/mol. The van der Waals surface area contributed by atoms with Gasteiger partial charge in [-0.15, -0.1) is 0 Å². The molecule has 0 bridgehead atoms. The Morgan fingerprint density at radius 2 is 2.12 bits per heavy atom. The van der Waals surface area contributed by atoms with Crippen molar-refractivity contribution < 1.29 is 4.79 Å². The highest BCUT2D eigenvalue weighted by Gasteiger charge is 2.16. The van der Waals surface area contributed by atoms with E-state index in [1.807, 2.05) is 30.0 Å². The first-order chi connectivity index (χ1) is 7.60.